The van der Waals surface area contributed by atoms with Crippen molar-refractivity contribution < 1.29 is 66.8 Å². The van der Waals surface area contributed by atoms with E-state index in [1.807, 2.05) is 0 Å². The van der Waals surface area contributed by atoms with Crippen molar-refractivity contribution in [1.82, 2.24) is 0 Å². The van der Waals surface area contributed by atoms with Gasteiger partial charge in [0, 0.05) is 0 Å². The summed E-state index contributed by atoms with van der Waals surface area (Å²) < 4.78 is 1.28. The molecule has 0 aliphatic heterocycles. The maximum Gasteiger partial charge on any atom is 1.00 e. The molecule has 0 saturated carbocycles. The molecule has 0 aliphatic carbocycles. The Kier molecular flexibility index (Phi) is 24.4. The average molecular weight is 203 g/mol. The van der Waals surface area contributed by atoms with Crippen LogP contribution in [0.25, 0.3) is 0 Å². The van der Waals surface area contributed by atoms with E-state index in [9.17, 15) is 0 Å². The predicted octanol–water partition coefficient (Wildman–Crippen LogP) is -1.47. The zero-order valence-electron chi connectivity index (χ0n) is 9.17. The van der Waals surface area contributed by atoms with Crippen molar-refractivity contribution in [3.63, 3.8) is 0 Å². The molecule has 0 aromatic heterocycles. The van der Waals surface area contributed by atoms with E-state index in [-0.39, 0.29) is 62.3 Å². The maximum absolute atomic E-state index is 2.27. The van der Waals surface area contributed by atoms with E-state index in [4.69, 9.17) is 0 Å². The summed E-state index contributed by atoms with van der Waals surface area (Å²) in [4.78, 5) is 0. The molecule has 4 heteroatoms. The number of nitrogens with zero attached hydrogens (tertiary/aromatic N) is 1. The van der Waals surface area contributed by atoms with Crippen LogP contribution in [0.2, 0.25) is 0 Å². The molecule has 0 aromatic carbocycles. The van der Waals surface area contributed by atoms with Crippen LogP contribution in [0.3, 0.4) is 0 Å². The number of quaternary nitrogens is 1. The van der Waals surface area contributed by atoms with Gasteiger partial charge in [-0.15, -0.1) is 0 Å². The standard InChI is InChI=1S/C8H20N.K.2H2O/c1-5-9(6-2,7-3)8-4;;;/h5-8H2,1-4H3;;2*1H2/q2*+1;;/p-2. The van der Waals surface area contributed by atoms with E-state index < -0.39 is 0 Å². The van der Waals surface area contributed by atoms with E-state index in [0.29, 0.717) is 0 Å². The second kappa shape index (κ2) is 12.5. The van der Waals surface area contributed by atoms with Gasteiger partial charge in [0.25, 0.3) is 0 Å². The quantitative estimate of drug-likeness (QED) is 0.414. The molecule has 0 aliphatic rings. The first-order valence-corrected chi connectivity index (χ1v) is 4.09. The largest absolute Gasteiger partial charge is 1.00 e. The van der Waals surface area contributed by atoms with Gasteiger partial charge in [-0.25, -0.2) is 0 Å². The average Bonchev–Trinajstić information content (AvgIpc) is 1.95. The molecule has 72 valence electrons. The van der Waals surface area contributed by atoms with Gasteiger partial charge in [0.2, 0.25) is 0 Å². The number of hydrogen-bond donors (Lipinski definition) is 0. The minimum absolute atomic E-state index is 0. The minimum Gasteiger partial charge on any atom is -0.870 e. The summed E-state index contributed by atoms with van der Waals surface area (Å²) in [5.41, 5.74) is 0. The monoisotopic (exact) mass is 203 g/mol. The van der Waals surface area contributed by atoms with Crippen LogP contribution in [0.15, 0.2) is 0 Å². The van der Waals surface area contributed by atoms with Crippen LogP contribution in [0.5, 0.6) is 0 Å². The normalized spacial score (nSPS) is 9.00. The Morgan fingerprint density at radius 2 is 0.833 bits per heavy atom. The molecule has 0 saturated heterocycles. The Labute approximate surface area is 119 Å². The summed E-state index contributed by atoms with van der Waals surface area (Å²) in [6.07, 6.45) is 0. The van der Waals surface area contributed by atoms with E-state index in [1.54, 1.807) is 0 Å². The molecular weight excluding hydrogens is 181 g/mol. The zero-order chi connectivity index (χ0) is 7.33. The van der Waals surface area contributed by atoms with Crippen molar-refractivity contribution in [1.29, 1.82) is 0 Å². The van der Waals surface area contributed by atoms with Crippen molar-refractivity contribution in [2.45, 2.75) is 27.7 Å². The molecule has 0 spiro atoms. The molecule has 0 atom stereocenters. The molecule has 0 rings (SSSR count). The minimum atomic E-state index is 0. The SMILES string of the molecule is CC[N+](CC)(CC)CC.[K+].[OH-].[OH-]. The van der Waals surface area contributed by atoms with Crippen LogP contribution in [0.4, 0.5) is 0 Å². The fourth-order valence-electron chi connectivity index (χ4n) is 1.34. The molecule has 0 radical (unpaired) electrons. The smallest absolute Gasteiger partial charge is 0.870 e. The Hall–Kier alpha value is 1.52. The number of rotatable bonds is 4. The molecule has 0 amide bonds. The van der Waals surface area contributed by atoms with Gasteiger partial charge in [-0.05, 0) is 27.7 Å². The van der Waals surface area contributed by atoms with Gasteiger partial charge in [0.15, 0.2) is 0 Å². The molecule has 2 N–H and O–H groups in total. The third-order valence-corrected chi connectivity index (χ3v) is 2.68. The molecule has 0 fully saturated rings. The molecule has 0 unspecified atom stereocenters. The molecule has 0 aromatic rings. The van der Waals surface area contributed by atoms with Crippen LogP contribution >= 0.6 is 0 Å². The second-order valence-corrected chi connectivity index (χ2v) is 2.61. The van der Waals surface area contributed by atoms with Crippen molar-refractivity contribution in [3.05, 3.63) is 0 Å². The fourth-order valence-corrected chi connectivity index (χ4v) is 1.34. The first-order valence-electron chi connectivity index (χ1n) is 4.09. The molecule has 0 bridgehead atoms. The summed E-state index contributed by atoms with van der Waals surface area (Å²) >= 11 is 0. The van der Waals surface area contributed by atoms with Gasteiger partial charge >= 0.3 is 51.4 Å². The first-order chi connectivity index (χ1) is 4.24. The van der Waals surface area contributed by atoms with Gasteiger partial charge in [-0.2, -0.15) is 0 Å². The van der Waals surface area contributed by atoms with Crippen LogP contribution in [0, 0.1) is 0 Å². The van der Waals surface area contributed by atoms with Gasteiger partial charge in [0.1, 0.15) is 0 Å². The van der Waals surface area contributed by atoms with E-state index in [0.717, 1.165) is 0 Å². The summed E-state index contributed by atoms with van der Waals surface area (Å²) in [7, 11) is 0. The first kappa shape index (κ1) is 23.4. The van der Waals surface area contributed by atoms with Gasteiger partial charge in [0.05, 0.1) is 26.2 Å². The molecule has 0 heterocycles. The Balaban J connectivity index is -0.000000107. The molecular formula is C8H22KNO2. The molecule has 12 heavy (non-hydrogen) atoms. The maximum atomic E-state index is 2.27. The van der Waals surface area contributed by atoms with Crippen molar-refractivity contribution in [2.24, 2.45) is 0 Å². The topological polar surface area (TPSA) is 60.0 Å². The molecule has 3 nitrogen and oxygen atoms in total. The van der Waals surface area contributed by atoms with Crippen LogP contribution in [-0.4, -0.2) is 41.6 Å². The van der Waals surface area contributed by atoms with Gasteiger partial charge < -0.3 is 15.4 Å². The summed E-state index contributed by atoms with van der Waals surface area (Å²) in [6, 6.07) is 0. The van der Waals surface area contributed by atoms with E-state index in [2.05, 4.69) is 27.7 Å². The summed E-state index contributed by atoms with van der Waals surface area (Å²) in [5.74, 6) is 0. The Morgan fingerprint density at radius 3 is 0.833 bits per heavy atom. The Morgan fingerprint density at radius 1 is 0.667 bits per heavy atom. The van der Waals surface area contributed by atoms with E-state index in [1.165, 1.54) is 30.7 Å². The summed E-state index contributed by atoms with van der Waals surface area (Å²) in [6.45, 7) is 14.2. The van der Waals surface area contributed by atoms with Crippen molar-refractivity contribution >= 4 is 0 Å². The van der Waals surface area contributed by atoms with Crippen molar-refractivity contribution in [3.8, 4) is 0 Å². The zero-order valence-corrected chi connectivity index (χ0v) is 12.3. The Bertz CT molecular complexity index is 59.9. The third-order valence-electron chi connectivity index (χ3n) is 2.68. The van der Waals surface area contributed by atoms with Gasteiger partial charge in [-0.1, -0.05) is 0 Å². The predicted molar refractivity (Wildman–Crippen MR) is 46.3 cm³/mol. The fraction of sp³-hybridized carbons (Fsp3) is 1.00. The van der Waals surface area contributed by atoms with Gasteiger partial charge in [-0.3, -0.25) is 0 Å². The number of hydrogen-bond acceptors (Lipinski definition) is 2. The van der Waals surface area contributed by atoms with Crippen LogP contribution in [-0.2, 0) is 0 Å². The van der Waals surface area contributed by atoms with Crippen molar-refractivity contribution in [2.75, 3.05) is 26.2 Å². The van der Waals surface area contributed by atoms with Crippen LogP contribution < -0.4 is 51.4 Å². The van der Waals surface area contributed by atoms with E-state index >= 15 is 0 Å². The summed E-state index contributed by atoms with van der Waals surface area (Å²) in [5, 5.41) is 0. The van der Waals surface area contributed by atoms with Crippen LogP contribution in [0.1, 0.15) is 27.7 Å². The second-order valence-electron chi connectivity index (χ2n) is 2.61. The third kappa shape index (κ3) is 6.97.